The number of carbonyl (C=O) groups is 1. The minimum Gasteiger partial charge on any atom is -0.366 e. The smallest absolute Gasteiger partial charge is 0.216 e. The number of aromatic nitrogens is 2. The molecule has 0 amide bonds. The van der Waals surface area contributed by atoms with E-state index in [1.165, 1.54) is 0 Å². The SMILES string of the molecule is CCCOC1C=Cc2nc3ccccc3nc2C1=O. The second kappa shape index (κ2) is 4.90. The zero-order chi connectivity index (χ0) is 13.2. The molecule has 4 nitrogen and oxygen atoms in total. The van der Waals surface area contributed by atoms with Gasteiger partial charge in [-0.05, 0) is 30.7 Å². The van der Waals surface area contributed by atoms with Crippen molar-refractivity contribution >= 4 is 22.9 Å². The van der Waals surface area contributed by atoms with E-state index in [4.69, 9.17) is 4.74 Å². The van der Waals surface area contributed by atoms with Gasteiger partial charge in [-0.25, -0.2) is 9.97 Å². The number of rotatable bonds is 3. The summed E-state index contributed by atoms with van der Waals surface area (Å²) in [5.74, 6) is -0.107. The predicted octanol–water partition coefficient (Wildman–Crippen LogP) is 2.63. The van der Waals surface area contributed by atoms with Gasteiger partial charge < -0.3 is 4.74 Å². The quantitative estimate of drug-likeness (QED) is 0.845. The third kappa shape index (κ3) is 2.15. The first kappa shape index (κ1) is 12.0. The topological polar surface area (TPSA) is 52.1 Å². The lowest BCUT2D eigenvalue weighted by Crippen LogP contribution is -2.27. The number of fused-ring (bicyclic) bond motifs is 2. The van der Waals surface area contributed by atoms with Crippen LogP contribution < -0.4 is 0 Å². The van der Waals surface area contributed by atoms with Gasteiger partial charge in [-0.3, -0.25) is 4.79 Å². The van der Waals surface area contributed by atoms with Crippen LogP contribution in [0.3, 0.4) is 0 Å². The van der Waals surface area contributed by atoms with Crippen molar-refractivity contribution in [3.63, 3.8) is 0 Å². The van der Waals surface area contributed by atoms with Crippen LogP contribution in [0.15, 0.2) is 30.3 Å². The maximum absolute atomic E-state index is 12.3. The summed E-state index contributed by atoms with van der Waals surface area (Å²) in [7, 11) is 0. The van der Waals surface area contributed by atoms with Crippen molar-refractivity contribution in [1.82, 2.24) is 9.97 Å². The first-order chi connectivity index (χ1) is 9.29. The minimum absolute atomic E-state index is 0.107. The molecule has 1 unspecified atom stereocenters. The third-order valence-corrected chi connectivity index (χ3v) is 3.02. The molecule has 1 aliphatic carbocycles. The highest BCUT2D eigenvalue weighted by Crippen LogP contribution is 2.21. The normalized spacial score (nSPS) is 17.7. The molecule has 4 heteroatoms. The average Bonchev–Trinajstić information content (AvgIpc) is 2.45. The highest BCUT2D eigenvalue weighted by atomic mass is 16.5. The third-order valence-electron chi connectivity index (χ3n) is 3.02. The number of nitrogens with zero attached hydrogens (tertiary/aromatic N) is 2. The Hall–Kier alpha value is -2.07. The summed E-state index contributed by atoms with van der Waals surface area (Å²) in [5, 5.41) is 0. The molecule has 1 aliphatic rings. The number of carbonyl (C=O) groups excluding carboxylic acids is 1. The van der Waals surface area contributed by atoms with E-state index >= 15 is 0 Å². The molecule has 3 rings (SSSR count). The van der Waals surface area contributed by atoms with Crippen LogP contribution in [0.25, 0.3) is 17.1 Å². The summed E-state index contributed by atoms with van der Waals surface area (Å²) in [5.41, 5.74) is 2.56. The fraction of sp³-hybridized carbons (Fsp3) is 0.267. The number of ether oxygens (including phenoxy) is 1. The van der Waals surface area contributed by atoms with Gasteiger partial charge in [0.05, 0.1) is 16.7 Å². The fourth-order valence-corrected chi connectivity index (χ4v) is 2.09. The molecule has 0 saturated carbocycles. The second-order valence-corrected chi connectivity index (χ2v) is 4.46. The molecule has 0 spiro atoms. The minimum atomic E-state index is -0.525. The molecular weight excluding hydrogens is 240 g/mol. The molecule has 0 saturated heterocycles. The van der Waals surface area contributed by atoms with E-state index < -0.39 is 6.10 Å². The van der Waals surface area contributed by atoms with E-state index in [1.807, 2.05) is 37.3 Å². The standard InChI is InChI=1S/C15H14N2O2/c1-2-9-19-13-8-7-12-14(15(13)18)17-11-6-4-3-5-10(11)16-12/h3-8,13H,2,9H2,1H3. The van der Waals surface area contributed by atoms with Gasteiger partial charge in [-0.1, -0.05) is 19.1 Å². The molecule has 1 aromatic heterocycles. The number of hydrogen-bond donors (Lipinski definition) is 0. The summed E-state index contributed by atoms with van der Waals surface area (Å²) >= 11 is 0. The molecule has 1 aromatic carbocycles. The zero-order valence-electron chi connectivity index (χ0n) is 10.7. The van der Waals surface area contributed by atoms with Crippen LogP contribution in [0.5, 0.6) is 0 Å². The number of hydrogen-bond acceptors (Lipinski definition) is 4. The largest absolute Gasteiger partial charge is 0.366 e. The molecule has 2 aromatic rings. The molecule has 1 heterocycles. The Labute approximate surface area is 111 Å². The molecule has 0 N–H and O–H groups in total. The van der Waals surface area contributed by atoms with Crippen LogP contribution in [-0.2, 0) is 4.74 Å². The van der Waals surface area contributed by atoms with Crippen molar-refractivity contribution in [2.45, 2.75) is 19.4 Å². The number of para-hydroxylation sites is 2. The van der Waals surface area contributed by atoms with Crippen LogP contribution in [0.4, 0.5) is 0 Å². The zero-order valence-corrected chi connectivity index (χ0v) is 10.7. The van der Waals surface area contributed by atoms with Crippen LogP contribution in [-0.4, -0.2) is 28.5 Å². The summed E-state index contributed by atoms with van der Waals surface area (Å²) in [4.78, 5) is 21.2. The first-order valence-corrected chi connectivity index (χ1v) is 6.40. The van der Waals surface area contributed by atoms with Crippen molar-refractivity contribution in [3.8, 4) is 0 Å². The second-order valence-electron chi connectivity index (χ2n) is 4.46. The number of ketones is 1. The summed E-state index contributed by atoms with van der Waals surface area (Å²) in [6.07, 6.45) is 3.93. The van der Waals surface area contributed by atoms with Gasteiger partial charge in [0.25, 0.3) is 0 Å². The van der Waals surface area contributed by atoms with E-state index in [2.05, 4.69) is 9.97 Å². The van der Waals surface area contributed by atoms with Gasteiger partial charge in [0.1, 0.15) is 11.8 Å². The summed E-state index contributed by atoms with van der Waals surface area (Å²) in [6, 6.07) is 7.54. The Balaban J connectivity index is 2.03. The first-order valence-electron chi connectivity index (χ1n) is 6.40. The average molecular weight is 254 g/mol. The fourth-order valence-electron chi connectivity index (χ4n) is 2.09. The van der Waals surface area contributed by atoms with E-state index in [9.17, 15) is 4.79 Å². The van der Waals surface area contributed by atoms with E-state index in [0.717, 1.165) is 17.5 Å². The van der Waals surface area contributed by atoms with Crippen molar-refractivity contribution in [1.29, 1.82) is 0 Å². The Bertz CT molecular complexity index is 664. The Morgan fingerprint density at radius 3 is 2.68 bits per heavy atom. The lowest BCUT2D eigenvalue weighted by molar-refractivity contribution is 0.0562. The molecule has 0 aliphatic heterocycles. The molecule has 1 atom stereocenters. The molecule has 0 fully saturated rings. The summed E-state index contributed by atoms with van der Waals surface area (Å²) < 4.78 is 5.51. The maximum atomic E-state index is 12.3. The van der Waals surface area contributed by atoms with Crippen molar-refractivity contribution in [3.05, 3.63) is 41.7 Å². The van der Waals surface area contributed by atoms with Crippen LogP contribution >= 0.6 is 0 Å². The Morgan fingerprint density at radius 1 is 1.21 bits per heavy atom. The lowest BCUT2D eigenvalue weighted by atomic mass is 10.0. The molecule has 0 bridgehead atoms. The Kier molecular flexibility index (Phi) is 3.09. The Morgan fingerprint density at radius 2 is 1.95 bits per heavy atom. The van der Waals surface area contributed by atoms with Crippen LogP contribution in [0, 0.1) is 0 Å². The number of benzene rings is 1. The maximum Gasteiger partial charge on any atom is 0.216 e. The highest BCUT2D eigenvalue weighted by Gasteiger charge is 2.26. The van der Waals surface area contributed by atoms with Crippen LogP contribution in [0.2, 0.25) is 0 Å². The molecule has 96 valence electrons. The van der Waals surface area contributed by atoms with Crippen molar-refractivity contribution < 1.29 is 9.53 Å². The van der Waals surface area contributed by atoms with E-state index in [0.29, 0.717) is 18.0 Å². The monoisotopic (exact) mass is 254 g/mol. The molecular formula is C15H14N2O2. The van der Waals surface area contributed by atoms with E-state index in [1.54, 1.807) is 6.08 Å². The van der Waals surface area contributed by atoms with Gasteiger partial charge in [0, 0.05) is 6.61 Å². The van der Waals surface area contributed by atoms with Crippen LogP contribution in [0.1, 0.15) is 29.5 Å². The van der Waals surface area contributed by atoms with Gasteiger partial charge in [-0.15, -0.1) is 0 Å². The van der Waals surface area contributed by atoms with Gasteiger partial charge in [-0.2, -0.15) is 0 Å². The van der Waals surface area contributed by atoms with E-state index in [-0.39, 0.29) is 5.78 Å². The van der Waals surface area contributed by atoms with Gasteiger partial charge >= 0.3 is 0 Å². The van der Waals surface area contributed by atoms with Gasteiger partial charge in [0.2, 0.25) is 5.78 Å². The number of Topliss-reactive ketones (excluding diaryl/α,β-unsaturated/α-hetero) is 1. The van der Waals surface area contributed by atoms with Crippen molar-refractivity contribution in [2.75, 3.05) is 6.61 Å². The van der Waals surface area contributed by atoms with Crippen molar-refractivity contribution in [2.24, 2.45) is 0 Å². The van der Waals surface area contributed by atoms with Gasteiger partial charge in [0.15, 0.2) is 0 Å². The lowest BCUT2D eigenvalue weighted by Gasteiger charge is -2.17. The molecule has 19 heavy (non-hydrogen) atoms. The predicted molar refractivity (Wildman–Crippen MR) is 72.9 cm³/mol. The summed E-state index contributed by atoms with van der Waals surface area (Å²) in [6.45, 7) is 2.58. The highest BCUT2D eigenvalue weighted by molar-refractivity contribution is 6.05. The molecule has 0 radical (unpaired) electrons.